The zero-order chi connectivity index (χ0) is 14.9. The largest absolute Gasteiger partial charge is 0.356 e. The molecule has 0 saturated heterocycles. The van der Waals surface area contributed by atoms with Crippen molar-refractivity contribution >= 4 is 16.9 Å². The Morgan fingerprint density at radius 1 is 1.27 bits per heavy atom. The van der Waals surface area contributed by atoms with Gasteiger partial charge in [0.05, 0.1) is 11.0 Å². The molecule has 2 aromatic rings. The van der Waals surface area contributed by atoms with Gasteiger partial charge in [0.15, 0.2) is 0 Å². The Hall–Kier alpha value is -1.84. The number of H-pyrrole nitrogens is 1. The molecule has 2 N–H and O–H groups in total. The zero-order valence-corrected chi connectivity index (χ0v) is 12.8. The fourth-order valence-electron chi connectivity index (χ4n) is 4.38. The molecule has 0 spiro atoms. The van der Waals surface area contributed by atoms with Gasteiger partial charge in [-0.3, -0.25) is 4.79 Å². The highest BCUT2D eigenvalue weighted by atomic mass is 16.1. The molecular formula is C18H23N3O. The minimum Gasteiger partial charge on any atom is -0.356 e. The maximum Gasteiger partial charge on any atom is 0.220 e. The van der Waals surface area contributed by atoms with E-state index in [9.17, 15) is 4.79 Å². The SMILES string of the molecule is O=C(CC1CC2CCC1C2)NCCc1nc2ccccc2[nH]1. The molecule has 1 aromatic carbocycles. The monoisotopic (exact) mass is 297 g/mol. The summed E-state index contributed by atoms with van der Waals surface area (Å²) in [4.78, 5) is 19.9. The maximum atomic E-state index is 12.1. The lowest BCUT2D eigenvalue weighted by Gasteiger charge is -2.20. The second-order valence-corrected chi connectivity index (χ2v) is 6.94. The summed E-state index contributed by atoms with van der Waals surface area (Å²) in [6.45, 7) is 0.666. The molecule has 2 fully saturated rings. The van der Waals surface area contributed by atoms with Crippen LogP contribution in [-0.2, 0) is 11.2 Å². The number of rotatable bonds is 5. The molecule has 2 aliphatic carbocycles. The lowest BCUT2D eigenvalue weighted by molar-refractivity contribution is -0.122. The Labute approximate surface area is 130 Å². The number of para-hydroxylation sites is 2. The molecule has 4 heteroatoms. The van der Waals surface area contributed by atoms with Crippen molar-refractivity contribution in [2.75, 3.05) is 6.54 Å². The van der Waals surface area contributed by atoms with Crippen LogP contribution >= 0.6 is 0 Å². The summed E-state index contributed by atoms with van der Waals surface area (Å²) >= 11 is 0. The highest BCUT2D eigenvalue weighted by Crippen LogP contribution is 2.49. The van der Waals surface area contributed by atoms with Crippen molar-refractivity contribution in [3.05, 3.63) is 30.1 Å². The van der Waals surface area contributed by atoms with Crippen LogP contribution in [0.1, 0.15) is 37.9 Å². The molecule has 3 unspecified atom stereocenters. The third-order valence-corrected chi connectivity index (χ3v) is 5.45. The highest BCUT2D eigenvalue weighted by Gasteiger charge is 2.39. The smallest absolute Gasteiger partial charge is 0.220 e. The van der Waals surface area contributed by atoms with Gasteiger partial charge in [0, 0.05) is 19.4 Å². The number of hydrogen-bond acceptors (Lipinski definition) is 2. The first-order valence-corrected chi connectivity index (χ1v) is 8.48. The Morgan fingerprint density at radius 3 is 2.95 bits per heavy atom. The van der Waals surface area contributed by atoms with Gasteiger partial charge in [-0.25, -0.2) is 4.98 Å². The van der Waals surface area contributed by atoms with Crippen molar-refractivity contribution < 1.29 is 4.79 Å². The number of fused-ring (bicyclic) bond motifs is 3. The number of aromatic nitrogens is 2. The number of nitrogens with one attached hydrogen (secondary N) is 2. The minimum atomic E-state index is 0.216. The lowest BCUT2D eigenvalue weighted by Crippen LogP contribution is -2.29. The van der Waals surface area contributed by atoms with E-state index >= 15 is 0 Å². The number of nitrogens with zero attached hydrogens (tertiary/aromatic N) is 1. The van der Waals surface area contributed by atoms with E-state index in [0.717, 1.165) is 41.5 Å². The minimum absolute atomic E-state index is 0.216. The van der Waals surface area contributed by atoms with Gasteiger partial charge in [-0.1, -0.05) is 18.6 Å². The van der Waals surface area contributed by atoms with Gasteiger partial charge >= 0.3 is 0 Å². The van der Waals surface area contributed by atoms with E-state index in [1.54, 1.807) is 0 Å². The molecule has 1 amide bonds. The molecule has 4 rings (SSSR count). The molecule has 2 aliphatic rings. The van der Waals surface area contributed by atoms with E-state index < -0.39 is 0 Å². The van der Waals surface area contributed by atoms with Gasteiger partial charge < -0.3 is 10.3 Å². The number of hydrogen-bond donors (Lipinski definition) is 2. The topological polar surface area (TPSA) is 57.8 Å². The second-order valence-electron chi connectivity index (χ2n) is 6.94. The van der Waals surface area contributed by atoms with Crippen LogP contribution in [0.4, 0.5) is 0 Å². The summed E-state index contributed by atoms with van der Waals surface area (Å²) in [5.41, 5.74) is 2.05. The molecule has 1 aromatic heterocycles. The summed E-state index contributed by atoms with van der Waals surface area (Å²) in [5, 5.41) is 3.06. The number of aromatic amines is 1. The van der Waals surface area contributed by atoms with Crippen LogP contribution < -0.4 is 5.32 Å². The first-order chi connectivity index (χ1) is 10.8. The van der Waals surface area contributed by atoms with Crippen molar-refractivity contribution in [3.8, 4) is 0 Å². The van der Waals surface area contributed by atoms with E-state index in [1.165, 1.54) is 25.7 Å². The molecule has 22 heavy (non-hydrogen) atoms. The number of benzene rings is 1. The third-order valence-electron chi connectivity index (χ3n) is 5.45. The quantitative estimate of drug-likeness (QED) is 0.891. The summed E-state index contributed by atoms with van der Waals surface area (Å²) in [6, 6.07) is 8.02. The molecule has 4 nitrogen and oxygen atoms in total. The number of carbonyl (C=O) groups excluding carboxylic acids is 1. The van der Waals surface area contributed by atoms with Crippen LogP contribution in [0.25, 0.3) is 11.0 Å². The Kier molecular flexibility index (Phi) is 3.60. The van der Waals surface area contributed by atoms with Crippen LogP contribution in [0.5, 0.6) is 0 Å². The number of carbonyl (C=O) groups is 1. The van der Waals surface area contributed by atoms with Gasteiger partial charge in [0.2, 0.25) is 5.91 Å². The molecule has 116 valence electrons. The van der Waals surface area contributed by atoms with Crippen LogP contribution in [0, 0.1) is 17.8 Å². The molecule has 1 heterocycles. The van der Waals surface area contributed by atoms with E-state index in [-0.39, 0.29) is 5.91 Å². The fourth-order valence-corrected chi connectivity index (χ4v) is 4.38. The Balaban J connectivity index is 1.25. The zero-order valence-electron chi connectivity index (χ0n) is 12.8. The molecule has 2 bridgehead atoms. The molecule has 3 atom stereocenters. The average Bonchev–Trinajstić information content (AvgIpc) is 3.21. The van der Waals surface area contributed by atoms with Crippen LogP contribution in [0.15, 0.2) is 24.3 Å². The number of imidazole rings is 1. The van der Waals surface area contributed by atoms with Gasteiger partial charge in [0.25, 0.3) is 0 Å². The molecule has 2 saturated carbocycles. The van der Waals surface area contributed by atoms with Gasteiger partial charge in [-0.15, -0.1) is 0 Å². The summed E-state index contributed by atoms with van der Waals surface area (Å²) in [5.74, 6) is 3.55. The third kappa shape index (κ3) is 2.74. The Bertz CT molecular complexity index is 645. The number of amides is 1. The van der Waals surface area contributed by atoms with Gasteiger partial charge in [-0.2, -0.15) is 0 Å². The fraction of sp³-hybridized carbons (Fsp3) is 0.556. The van der Waals surface area contributed by atoms with E-state index in [4.69, 9.17) is 0 Å². The van der Waals surface area contributed by atoms with Gasteiger partial charge in [-0.05, 0) is 49.1 Å². The van der Waals surface area contributed by atoms with E-state index in [1.807, 2.05) is 24.3 Å². The van der Waals surface area contributed by atoms with Gasteiger partial charge in [0.1, 0.15) is 5.82 Å². The summed E-state index contributed by atoms with van der Waals surface area (Å²) in [7, 11) is 0. The lowest BCUT2D eigenvalue weighted by atomic mass is 9.86. The van der Waals surface area contributed by atoms with Crippen LogP contribution in [0.3, 0.4) is 0 Å². The van der Waals surface area contributed by atoms with Crippen molar-refractivity contribution in [3.63, 3.8) is 0 Å². The molecular weight excluding hydrogens is 274 g/mol. The standard InChI is InChI=1S/C18H23N3O/c22-18(11-14-10-12-5-6-13(14)9-12)19-8-7-17-20-15-3-1-2-4-16(15)21-17/h1-4,12-14H,5-11H2,(H,19,22)(H,20,21). The van der Waals surface area contributed by atoms with Crippen molar-refractivity contribution in [1.82, 2.24) is 15.3 Å². The first kappa shape index (κ1) is 13.8. The first-order valence-electron chi connectivity index (χ1n) is 8.48. The molecule has 0 radical (unpaired) electrons. The highest BCUT2D eigenvalue weighted by molar-refractivity contribution is 5.76. The second kappa shape index (κ2) is 5.75. The van der Waals surface area contributed by atoms with Crippen molar-refractivity contribution in [1.29, 1.82) is 0 Å². The van der Waals surface area contributed by atoms with Crippen LogP contribution in [0.2, 0.25) is 0 Å². The predicted octanol–water partition coefficient (Wildman–Crippen LogP) is 3.05. The average molecular weight is 297 g/mol. The van der Waals surface area contributed by atoms with Crippen LogP contribution in [-0.4, -0.2) is 22.4 Å². The maximum absolute atomic E-state index is 12.1. The molecule has 0 aliphatic heterocycles. The summed E-state index contributed by atoms with van der Waals surface area (Å²) < 4.78 is 0. The van der Waals surface area contributed by atoms with Crippen molar-refractivity contribution in [2.24, 2.45) is 17.8 Å². The van der Waals surface area contributed by atoms with E-state index in [2.05, 4.69) is 15.3 Å². The Morgan fingerprint density at radius 2 is 2.18 bits per heavy atom. The predicted molar refractivity (Wildman–Crippen MR) is 86.4 cm³/mol. The van der Waals surface area contributed by atoms with E-state index in [0.29, 0.717) is 12.5 Å². The summed E-state index contributed by atoms with van der Waals surface area (Å²) in [6.07, 6.45) is 6.88. The normalized spacial score (nSPS) is 26.6. The van der Waals surface area contributed by atoms with Crippen molar-refractivity contribution in [2.45, 2.75) is 38.5 Å².